The second-order valence-corrected chi connectivity index (χ2v) is 1.13. The molecule has 0 amide bonds. The fourth-order valence-electron chi connectivity index (χ4n) is 0.134. The van der Waals surface area contributed by atoms with Gasteiger partial charge in [0.1, 0.15) is 0 Å². The maximum absolute atomic E-state index is 4.62. The molecule has 0 fully saturated rings. The van der Waals surface area contributed by atoms with Crippen molar-refractivity contribution < 1.29 is 19.6 Å². The third-order valence-corrected chi connectivity index (χ3v) is 0.575. The molecule has 1 unspecified atom stereocenters. The Labute approximate surface area is 48.1 Å². The maximum atomic E-state index is 4.62. The molecule has 0 spiro atoms. The van der Waals surface area contributed by atoms with Crippen molar-refractivity contribution in [2.24, 2.45) is 0 Å². The van der Waals surface area contributed by atoms with Crippen LogP contribution in [0, 0.1) is 0 Å². The first kappa shape index (κ1) is 7.84. The Morgan fingerprint density at radius 2 is 1.88 bits per heavy atom. The van der Waals surface area contributed by atoms with E-state index in [9.17, 15) is 0 Å². The van der Waals surface area contributed by atoms with E-state index in [1.807, 2.05) is 0 Å². The second-order valence-electron chi connectivity index (χ2n) is 1.13. The lowest BCUT2D eigenvalue weighted by Gasteiger charge is -2.05. The number of rotatable bonds is 4. The standard InChI is InChI=1S/C4H10O4/c1-4(5-2)7-8-6-3/h4H,1-3H3. The van der Waals surface area contributed by atoms with E-state index < -0.39 is 6.29 Å². The van der Waals surface area contributed by atoms with Crippen molar-refractivity contribution in [3.63, 3.8) is 0 Å². The molecule has 0 aromatic carbocycles. The van der Waals surface area contributed by atoms with Gasteiger partial charge in [0.2, 0.25) is 0 Å². The van der Waals surface area contributed by atoms with Gasteiger partial charge in [-0.3, -0.25) is 0 Å². The van der Waals surface area contributed by atoms with Crippen LogP contribution in [0.4, 0.5) is 0 Å². The van der Waals surface area contributed by atoms with E-state index >= 15 is 0 Å². The van der Waals surface area contributed by atoms with E-state index in [1.165, 1.54) is 14.2 Å². The molecule has 0 aliphatic rings. The van der Waals surface area contributed by atoms with Gasteiger partial charge in [-0.05, 0) is 6.92 Å². The van der Waals surface area contributed by atoms with E-state index in [0.717, 1.165) is 0 Å². The summed E-state index contributed by atoms with van der Waals surface area (Å²) < 4.78 is 4.62. The summed E-state index contributed by atoms with van der Waals surface area (Å²) in [5.74, 6) is 0. The molecule has 0 aromatic heterocycles. The summed E-state index contributed by atoms with van der Waals surface area (Å²) in [4.78, 5) is 8.51. The Kier molecular flexibility index (Phi) is 4.89. The lowest BCUT2D eigenvalue weighted by Crippen LogP contribution is -2.09. The highest BCUT2D eigenvalue weighted by Gasteiger charge is 1.96. The van der Waals surface area contributed by atoms with Crippen LogP contribution in [-0.2, 0) is 19.6 Å². The number of methoxy groups -OCH3 is 1. The third-order valence-electron chi connectivity index (χ3n) is 0.575. The smallest absolute Gasteiger partial charge is 0.191 e. The van der Waals surface area contributed by atoms with Gasteiger partial charge in [0, 0.05) is 7.11 Å². The van der Waals surface area contributed by atoms with Crippen LogP contribution in [-0.4, -0.2) is 20.5 Å². The highest BCUT2D eigenvalue weighted by molar-refractivity contribution is 4.14. The average Bonchev–Trinajstić information content (AvgIpc) is 1.83. The van der Waals surface area contributed by atoms with E-state index in [1.54, 1.807) is 6.92 Å². The molecule has 4 nitrogen and oxygen atoms in total. The molecule has 8 heavy (non-hydrogen) atoms. The van der Waals surface area contributed by atoms with Gasteiger partial charge in [-0.25, -0.2) is 4.89 Å². The first-order valence-electron chi connectivity index (χ1n) is 2.20. The van der Waals surface area contributed by atoms with Crippen LogP contribution in [0.2, 0.25) is 0 Å². The molecule has 1 atom stereocenters. The van der Waals surface area contributed by atoms with Gasteiger partial charge < -0.3 is 4.74 Å². The van der Waals surface area contributed by atoms with Crippen molar-refractivity contribution in [1.29, 1.82) is 0 Å². The molecular formula is C4H10O4. The molecule has 0 aliphatic heterocycles. The van der Waals surface area contributed by atoms with Gasteiger partial charge in [0.15, 0.2) is 6.29 Å². The van der Waals surface area contributed by atoms with Crippen molar-refractivity contribution in [3.8, 4) is 0 Å². The van der Waals surface area contributed by atoms with Crippen LogP contribution < -0.4 is 0 Å². The van der Waals surface area contributed by atoms with E-state index in [-0.39, 0.29) is 0 Å². The van der Waals surface area contributed by atoms with Gasteiger partial charge in [-0.2, -0.15) is 4.89 Å². The monoisotopic (exact) mass is 122 g/mol. The molecule has 0 aliphatic carbocycles. The molecule has 0 N–H and O–H groups in total. The fraction of sp³-hybridized carbons (Fsp3) is 1.00. The first-order chi connectivity index (χ1) is 3.81. The predicted octanol–water partition coefficient (Wildman–Crippen LogP) is 0.488. The Morgan fingerprint density at radius 3 is 2.25 bits per heavy atom. The van der Waals surface area contributed by atoms with E-state index in [2.05, 4.69) is 19.6 Å². The lowest BCUT2D eigenvalue weighted by molar-refractivity contribution is -0.535. The second kappa shape index (κ2) is 4.99. The molecule has 0 rings (SSSR count). The van der Waals surface area contributed by atoms with Crippen LogP contribution in [0.1, 0.15) is 6.92 Å². The third kappa shape index (κ3) is 4.01. The Bertz CT molecular complexity index is 47.3. The summed E-state index contributed by atoms with van der Waals surface area (Å²) in [7, 11) is 2.85. The van der Waals surface area contributed by atoms with Gasteiger partial charge in [0.25, 0.3) is 0 Å². The Balaban J connectivity index is 2.86. The summed E-state index contributed by atoms with van der Waals surface area (Å²) in [6.07, 6.45) is -0.394. The van der Waals surface area contributed by atoms with Crippen LogP contribution in [0.3, 0.4) is 0 Å². The van der Waals surface area contributed by atoms with Gasteiger partial charge in [-0.1, -0.05) is 5.04 Å². The number of hydrogen-bond acceptors (Lipinski definition) is 4. The molecule has 50 valence electrons. The fourth-order valence-corrected chi connectivity index (χ4v) is 0.134. The topological polar surface area (TPSA) is 36.9 Å². The average molecular weight is 122 g/mol. The molecule has 4 heteroatoms. The summed E-state index contributed by atoms with van der Waals surface area (Å²) in [5, 5.41) is 4.06. The Morgan fingerprint density at radius 1 is 1.25 bits per heavy atom. The summed E-state index contributed by atoms with van der Waals surface area (Å²) in [6, 6.07) is 0. The zero-order valence-electron chi connectivity index (χ0n) is 5.21. The zero-order valence-corrected chi connectivity index (χ0v) is 5.21. The van der Waals surface area contributed by atoms with Crippen LogP contribution >= 0.6 is 0 Å². The summed E-state index contributed by atoms with van der Waals surface area (Å²) in [5.41, 5.74) is 0. The van der Waals surface area contributed by atoms with Crippen LogP contribution in [0.25, 0.3) is 0 Å². The van der Waals surface area contributed by atoms with Crippen molar-refractivity contribution >= 4 is 0 Å². The molecule has 0 saturated carbocycles. The van der Waals surface area contributed by atoms with Crippen molar-refractivity contribution in [3.05, 3.63) is 0 Å². The van der Waals surface area contributed by atoms with Crippen LogP contribution in [0.15, 0.2) is 0 Å². The largest absolute Gasteiger partial charge is 0.353 e. The van der Waals surface area contributed by atoms with E-state index in [0.29, 0.717) is 0 Å². The normalized spacial score (nSPS) is 13.9. The zero-order chi connectivity index (χ0) is 6.41. The Hall–Kier alpha value is -0.160. The minimum Gasteiger partial charge on any atom is -0.353 e. The van der Waals surface area contributed by atoms with Crippen molar-refractivity contribution in [1.82, 2.24) is 0 Å². The highest BCUT2D eigenvalue weighted by Crippen LogP contribution is 1.89. The highest BCUT2D eigenvalue weighted by atomic mass is 17.5. The van der Waals surface area contributed by atoms with Gasteiger partial charge in [-0.15, -0.1) is 0 Å². The quantitative estimate of drug-likeness (QED) is 0.309. The molecule has 0 radical (unpaired) electrons. The first-order valence-corrected chi connectivity index (χ1v) is 2.20. The molecule has 0 heterocycles. The van der Waals surface area contributed by atoms with Crippen molar-refractivity contribution in [2.45, 2.75) is 13.2 Å². The SMILES string of the molecule is COOOC(C)OC. The lowest BCUT2D eigenvalue weighted by atomic mass is 10.8. The van der Waals surface area contributed by atoms with E-state index in [4.69, 9.17) is 0 Å². The maximum Gasteiger partial charge on any atom is 0.191 e. The van der Waals surface area contributed by atoms with Crippen LogP contribution in [0.5, 0.6) is 0 Å². The van der Waals surface area contributed by atoms with Gasteiger partial charge in [0.05, 0.1) is 7.11 Å². The molecule has 0 saturated heterocycles. The summed E-state index contributed by atoms with van der Waals surface area (Å²) in [6.45, 7) is 1.68. The molecule has 0 aromatic rings. The predicted molar refractivity (Wildman–Crippen MR) is 25.6 cm³/mol. The number of hydrogen-bond donors (Lipinski definition) is 0. The minimum atomic E-state index is -0.394. The molecule has 0 bridgehead atoms. The van der Waals surface area contributed by atoms with Gasteiger partial charge >= 0.3 is 0 Å². The van der Waals surface area contributed by atoms with Crippen molar-refractivity contribution in [2.75, 3.05) is 14.2 Å². The number of ether oxygens (including phenoxy) is 1. The summed E-state index contributed by atoms with van der Waals surface area (Å²) >= 11 is 0. The minimum absolute atomic E-state index is 0.394. The molecular weight excluding hydrogens is 112 g/mol.